The van der Waals surface area contributed by atoms with Gasteiger partial charge in [0, 0.05) is 18.5 Å². The van der Waals surface area contributed by atoms with Gasteiger partial charge < -0.3 is 4.74 Å². The van der Waals surface area contributed by atoms with E-state index >= 15 is 0 Å². The van der Waals surface area contributed by atoms with Crippen LogP contribution < -0.4 is 4.74 Å². The molecule has 1 aromatic carbocycles. The molecule has 2 atom stereocenters. The molecule has 126 valence electrons. The van der Waals surface area contributed by atoms with E-state index in [4.69, 9.17) is 10.00 Å². The first-order valence-electron chi connectivity index (χ1n) is 7.99. The number of ether oxygens (including phenoxy) is 1. The molecular weight excluding hydrogens is 312 g/mol. The summed E-state index contributed by atoms with van der Waals surface area (Å²) in [4.78, 5) is 0. The molecule has 0 aliphatic carbocycles. The number of nitriles is 1. The van der Waals surface area contributed by atoms with E-state index in [1.54, 1.807) is 11.4 Å². The van der Waals surface area contributed by atoms with Crippen LogP contribution in [0.4, 0.5) is 0 Å². The van der Waals surface area contributed by atoms with Crippen LogP contribution in [-0.2, 0) is 10.0 Å². The first-order valence-corrected chi connectivity index (χ1v) is 9.60. The Kier molecular flexibility index (Phi) is 6.03. The average molecular weight is 336 g/mol. The van der Waals surface area contributed by atoms with E-state index in [9.17, 15) is 8.42 Å². The number of hydrogen-bond donors (Lipinski definition) is 0. The minimum absolute atomic E-state index is 0.0267. The highest BCUT2D eigenvalue weighted by Crippen LogP contribution is 2.39. The van der Waals surface area contributed by atoms with Crippen LogP contribution in [0.2, 0.25) is 0 Å². The van der Waals surface area contributed by atoms with E-state index < -0.39 is 10.0 Å². The summed E-state index contributed by atoms with van der Waals surface area (Å²) in [5.41, 5.74) is 0.922. The zero-order valence-electron chi connectivity index (χ0n) is 13.7. The fourth-order valence-corrected chi connectivity index (χ4v) is 4.95. The molecule has 1 aliphatic rings. The van der Waals surface area contributed by atoms with Crippen LogP contribution in [-0.4, -0.2) is 32.1 Å². The molecule has 5 nitrogen and oxygen atoms in total. The van der Waals surface area contributed by atoms with Crippen molar-refractivity contribution >= 4 is 10.0 Å². The number of sulfonamides is 1. The molecular formula is C17H24N2O3S. The third-order valence-corrected chi connectivity index (χ3v) is 6.24. The Hall–Kier alpha value is -1.58. The summed E-state index contributed by atoms with van der Waals surface area (Å²) in [7, 11) is -1.78. The standard InChI is InChI=1S/C17H24N2O3S/c1-14-9-10-16(15-7-3-4-8-17(15)22-2)19(13-14)23(20,21)12-6-5-11-18/h3-4,7-8,14,16H,5-6,9-10,12-13H2,1-2H3/t14-,16+/m1/s1. The number of para-hydroxylation sites is 1. The SMILES string of the molecule is COc1ccccc1[C@@H]1CC[C@@H](C)CN1S(=O)(=O)CCCC#N. The average Bonchev–Trinajstić information content (AvgIpc) is 2.55. The zero-order chi connectivity index (χ0) is 16.9. The van der Waals surface area contributed by atoms with Crippen LogP contribution in [0.25, 0.3) is 0 Å². The van der Waals surface area contributed by atoms with Crippen LogP contribution in [0.3, 0.4) is 0 Å². The maximum absolute atomic E-state index is 12.8. The highest BCUT2D eigenvalue weighted by Gasteiger charge is 2.36. The third kappa shape index (κ3) is 4.24. The van der Waals surface area contributed by atoms with Crippen molar-refractivity contribution in [3.63, 3.8) is 0 Å². The van der Waals surface area contributed by atoms with E-state index in [0.29, 0.717) is 18.9 Å². The molecule has 0 unspecified atom stereocenters. The summed E-state index contributed by atoms with van der Waals surface area (Å²) < 4.78 is 32.6. The lowest BCUT2D eigenvalue weighted by molar-refractivity contribution is 0.203. The van der Waals surface area contributed by atoms with E-state index in [1.807, 2.05) is 30.3 Å². The molecule has 1 aromatic rings. The van der Waals surface area contributed by atoms with Gasteiger partial charge in [-0.05, 0) is 31.2 Å². The lowest BCUT2D eigenvalue weighted by Crippen LogP contribution is -2.42. The molecule has 0 N–H and O–H groups in total. The normalized spacial score (nSPS) is 22.5. The smallest absolute Gasteiger partial charge is 0.214 e. The van der Waals surface area contributed by atoms with Gasteiger partial charge in [0.2, 0.25) is 10.0 Å². The molecule has 1 heterocycles. The van der Waals surface area contributed by atoms with E-state index in [2.05, 4.69) is 6.92 Å². The fraction of sp³-hybridized carbons (Fsp3) is 0.588. The Bertz CT molecular complexity index is 667. The molecule has 1 saturated heterocycles. The number of unbranched alkanes of at least 4 members (excludes halogenated alkanes) is 1. The number of hydrogen-bond acceptors (Lipinski definition) is 4. The molecule has 0 bridgehead atoms. The summed E-state index contributed by atoms with van der Waals surface area (Å²) >= 11 is 0. The van der Waals surface area contributed by atoms with Gasteiger partial charge in [0.1, 0.15) is 5.75 Å². The van der Waals surface area contributed by atoms with Crippen LogP contribution in [0.5, 0.6) is 5.75 Å². The quantitative estimate of drug-likeness (QED) is 0.748. The maximum atomic E-state index is 12.8. The van der Waals surface area contributed by atoms with Gasteiger partial charge in [-0.15, -0.1) is 0 Å². The number of nitrogens with zero attached hydrogens (tertiary/aromatic N) is 2. The molecule has 6 heteroatoms. The van der Waals surface area contributed by atoms with Gasteiger partial charge in [0.25, 0.3) is 0 Å². The maximum Gasteiger partial charge on any atom is 0.214 e. The predicted octanol–water partition coefficient (Wildman–Crippen LogP) is 3.10. The first kappa shape index (κ1) is 17.8. The highest BCUT2D eigenvalue weighted by molar-refractivity contribution is 7.89. The van der Waals surface area contributed by atoms with Crippen molar-refractivity contribution in [2.75, 3.05) is 19.4 Å². The second-order valence-electron chi connectivity index (χ2n) is 6.09. The summed E-state index contributed by atoms with van der Waals surface area (Å²) in [6.45, 7) is 2.61. The second kappa shape index (κ2) is 7.80. The fourth-order valence-electron chi connectivity index (χ4n) is 3.12. The second-order valence-corrected chi connectivity index (χ2v) is 8.13. The largest absolute Gasteiger partial charge is 0.496 e. The van der Waals surface area contributed by atoms with Crippen molar-refractivity contribution in [1.82, 2.24) is 4.31 Å². The van der Waals surface area contributed by atoms with Gasteiger partial charge in [0.15, 0.2) is 0 Å². The molecule has 1 fully saturated rings. The lowest BCUT2D eigenvalue weighted by atomic mass is 9.91. The minimum atomic E-state index is -3.38. The minimum Gasteiger partial charge on any atom is -0.496 e. The molecule has 0 aromatic heterocycles. The van der Waals surface area contributed by atoms with Crippen molar-refractivity contribution in [2.45, 2.75) is 38.6 Å². The molecule has 0 radical (unpaired) electrons. The Balaban J connectivity index is 2.31. The number of piperidine rings is 1. The van der Waals surface area contributed by atoms with Crippen molar-refractivity contribution in [3.05, 3.63) is 29.8 Å². The Morgan fingerprint density at radius 3 is 2.78 bits per heavy atom. The van der Waals surface area contributed by atoms with Crippen LogP contribution in [0.15, 0.2) is 24.3 Å². The number of rotatable bonds is 6. The van der Waals surface area contributed by atoms with Crippen LogP contribution in [0.1, 0.15) is 44.2 Å². The topological polar surface area (TPSA) is 70.4 Å². The van der Waals surface area contributed by atoms with Crippen molar-refractivity contribution in [2.24, 2.45) is 5.92 Å². The first-order chi connectivity index (χ1) is 11.0. The summed E-state index contributed by atoms with van der Waals surface area (Å²) in [5, 5.41) is 8.64. The summed E-state index contributed by atoms with van der Waals surface area (Å²) in [5.74, 6) is 1.09. The van der Waals surface area contributed by atoms with E-state index in [-0.39, 0.29) is 18.2 Å². The van der Waals surface area contributed by atoms with Gasteiger partial charge in [-0.25, -0.2) is 8.42 Å². The third-order valence-electron chi connectivity index (χ3n) is 4.32. The lowest BCUT2D eigenvalue weighted by Gasteiger charge is -2.38. The monoisotopic (exact) mass is 336 g/mol. The molecule has 0 saturated carbocycles. The molecule has 0 amide bonds. The van der Waals surface area contributed by atoms with Crippen molar-refractivity contribution < 1.29 is 13.2 Å². The van der Waals surface area contributed by atoms with Gasteiger partial charge in [-0.1, -0.05) is 25.1 Å². The number of benzene rings is 1. The summed E-state index contributed by atoms with van der Waals surface area (Å²) in [6.07, 6.45) is 2.43. The van der Waals surface area contributed by atoms with Gasteiger partial charge >= 0.3 is 0 Å². The molecule has 2 rings (SSSR count). The molecule has 23 heavy (non-hydrogen) atoms. The van der Waals surface area contributed by atoms with Gasteiger partial charge in [0.05, 0.1) is 25.0 Å². The highest BCUT2D eigenvalue weighted by atomic mass is 32.2. The van der Waals surface area contributed by atoms with E-state index in [1.165, 1.54) is 0 Å². The number of methoxy groups -OCH3 is 1. The zero-order valence-corrected chi connectivity index (χ0v) is 14.6. The molecule has 1 aliphatic heterocycles. The van der Waals surface area contributed by atoms with Crippen LogP contribution in [0, 0.1) is 17.2 Å². The van der Waals surface area contributed by atoms with Crippen LogP contribution >= 0.6 is 0 Å². The van der Waals surface area contributed by atoms with Crippen molar-refractivity contribution in [1.29, 1.82) is 5.26 Å². The Morgan fingerprint density at radius 2 is 2.09 bits per heavy atom. The predicted molar refractivity (Wildman–Crippen MR) is 89.5 cm³/mol. The Labute approximate surface area is 138 Å². The van der Waals surface area contributed by atoms with Crippen molar-refractivity contribution in [3.8, 4) is 11.8 Å². The van der Waals surface area contributed by atoms with Gasteiger partial charge in [-0.2, -0.15) is 9.57 Å². The summed E-state index contributed by atoms with van der Waals surface area (Å²) in [6, 6.07) is 9.44. The Morgan fingerprint density at radius 1 is 1.35 bits per heavy atom. The molecule has 0 spiro atoms. The van der Waals surface area contributed by atoms with E-state index in [0.717, 1.165) is 24.2 Å². The van der Waals surface area contributed by atoms with Gasteiger partial charge in [-0.3, -0.25) is 0 Å².